The fourth-order valence-electron chi connectivity index (χ4n) is 3.85. The molecule has 0 fully saturated rings. The first kappa shape index (κ1) is 27.9. The van der Waals surface area contributed by atoms with Crippen molar-refractivity contribution < 1.29 is 18.7 Å². The lowest BCUT2D eigenvalue weighted by atomic mass is 9.99. The summed E-state index contributed by atoms with van der Waals surface area (Å²) in [6.07, 6.45) is 1.63. The van der Waals surface area contributed by atoms with Crippen LogP contribution in [0.1, 0.15) is 43.0 Å². The van der Waals surface area contributed by atoms with Gasteiger partial charge in [0.25, 0.3) is 0 Å². The van der Waals surface area contributed by atoms with Crippen LogP contribution in [0.5, 0.6) is 5.75 Å². The molecule has 2 atom stereocenters. The Balaban J connectivity index is 2.10. The number of rotatable bonds is 10. The lowest BCUT2D eigenvalue weighted by molar-refractivity contribution is -0.00587. The third-order valence-electron chi connectivity index (χ3n) is 5.35. The van der Waals surface area contributed by atoms with Crippen molar-refractivity contribution in [3.05, 3.63) is 82.3 Å². The molecule has 0 radical (unpaired) electrons. The Bertz CT molecular complexity index is 1080. The Morgan fingerprint density at radius 3 is 2.22 bits per heavy atom. The van der Waals surface area contributed by atoms with Gasteiger partial charge in [0.1, 0.15) is 22.5 Å². The highest BCUT2D eigenvalue weighted by Gasteiger charge is 2.38. The van der Waals surface area contributed by atoms with Crippen molar-refractivity contribution in [1.82, 2.24) is 9.88 Å². The zero-order valence-corrected chi connectivity index (χ0v) is 24.2. The van der Waals surface area contributed by atoms with Crippen molar-refractivity contribution in [2.75, 3.05) is 7.11 Å². The van der Waals surface area contributed by atoms with Crippen molar-refractivity contribution in [2.24, 2.45) is 0 Å². The maximum absolute atomic E-state index is 13.8. The molecule has 0 unspecified atom stereocenters. The molecule has 0 saturated heterocycles. The van der Waals surface area contributed by atoms with E-state index in [1.807, 2.05) is 73.5 Å². The Morgan fingerprint density at radius 2 is 1.69 bits per heavy atom. The van der Waals surface area contributed by atoms with Gasteiger partial charge in [-0.2, -0.15) is 0 Å². The smallest absolute Gasteiger partial charge is 0.410 e. The predicted molar refractivity (Wildman–Crippen MR) is 148 cm³/mol. The SMILES string of the molecule is COc1ccc(CN(C(=O)OC(C)(C)C)[C@@H](Cc2ccccc2)[C@H](O[Si](C)(C)C)c2nccs2)cc1. The van der Waals surface area contributed by atoms with Gasteiger partial charge in [0.2, 0.25) is 0 Å². The summed E-state index contributed by atoms with van der Waals surface area (Å²) >= 11 is 1.55. The first-order chi connectivity index (χ1) is 16.9. The van der Waals surface area contributed by atoms with Crippen LogP contribution in [0.15, 0.2) is 66.2 Å². The molecular weight excluding hydrogens is 488 g/mol. The normalized spacial score (nSPS) is 13.6. The van der Waals surface area contributed by atoms with E-state index in [1.54, 1.807) is 24.6 Å². The molecule has 1 amide bonds. The van der Waals surface area contributed by atoms with Crippen LogP contribution in [0.4, 0.5) is 4.79 Å². The fraction of sp³-hybridized carbons (Fsp3) is 0.429. The molecule has 0 aliphatic carbocycles. The molecule has 0 aliphatic heterocycles. The van der Waals surface area contributed by atoms with E-state index in [4.69, 9.17) is 13.9 Å². The molecule has 0 spiro atoms. The molecule has 6 nitrogen and oxygen atoms in total. The lowest BCUT2D eigenvalue weighted by Gasteiger charge is -2.39. The highest BCUT2D eigenvalue weighted by atomic mass is 32.1. The number of ether oxygens (including phenoxy) is 2. The molecule has 194 valence electrons. The fourth-order valence-corrected chi connectivity index (χ4v) is 5.69. The summed E-state index contributed by atoms with van der Waals surface area (Å²) in [5.74, 6) is 0.770. The summed E-state index contributed by atoms with van der Waals surface area (Å²) < 4.78 is 18.0. The summed E-state index contributed by atoms with van der Waals surface area (Å²) in [5, 5.41) is 2.82. The minimum atomic E-state index is -2.02. The average Bonchev–Trinajstić information content (AvgIpc) is 3.34. The van der Waals surface area contributed by atoms with Crippen molar-refractivity contribution >= 4 is 25.7 Å². The molecule has 0 saturated carbocycles. The van der Waals surface area contributed by atoms with E-state index in [1.165, 1.54) is 0 Å². The van der Waals surface area contributed by atoms with Crippen LogP contribution in [-0.2, 0) is 22.1 Å². The number of amides is 1. The van der Waals surface area contributed by atoms with Gasteiger partial charge in [-0.15, -0.1) is 11.3 Å². The van der Waals surface area contributed by atoms with Crippen molar-refractivity contribution in [2.45, 2.75) is 71.1 Å². The van der Waals surface area contributed by atoms with E-state index in [9.17, 15) is 4.79 Å². The lowest BCUT2D eigenvalue weighted by Crippen LogP contribution is -2.49. The molecular formula is C28H38N2O4SSi. The van der Waals surface area contributed by atoms with Gasteiger partial charge >= 0.3 is 6.09 Å². The molecule has 1 heterocycles. The Morgan fingerprint density at radius 1 is 1.03 bits per heavy atom. The number of carbonyl (C=O) groups excluding carboxylic acids is 1. The van der Waals surface area contributed by atoms with Gasteiger partial charge < -0.3 is 13.9 Å². The number of benzene rings is 2. The van der Waals surface area contributed by atoms with E-state index < -0.39 is 13.9 Å². The van der Waals surface area contributed by atoms with Gasteiger partial charge in [-0.25, -0.2) is 9.78 Å². The van der Waals surface area contributed by atoms with E-state index in [0.717, 1.165) is 21.9 Å². The largest absolute Gasteiger partial charge is 0.497 e. The molecule has 36 heavy (non-hydrogen) atoms. The molecule has 2 aromatic carbocycles. The summed E-state index contributed by atoms with van der Waals surface area (Å²) in [7, 11) is -0.374. The zero-order valence-electron chi connectivity index (χ0n) is 22.4. The molecule has 3 rings (SSSR count). The van der Waals surface area contributed by atoms with Crippen LogP contribution in [-0.4, -0.2) is 43.0 Å². The van der Waals surface area contributed by atoms with Gasteiger partial charge in [0.05, 0.1) is 13.2 Å². The number of carbonyl (C=O) groups is 1. The van der Waals surface area contributed by atoms with Gasteiger partial charge in [-0.05, 0) is 70.1 Å². The van der Waals surface area contributed by atoms with Crippen molar-refractivity contribution in [3.8, 4) is 5.75 Å². The standard InChI is InChI=1S/C28H38N2O4SSi/c1-28(2,3)33-27(31)30(20-22-13-15-23(32-4)16-14-22)24(19-21-11-9-8-10-12-21)25(34-36(5,6)7)26-29-17-18-35-26/h8-18,24-25H,19-20H2,1-7H3/t24-,25-/m0/s1. The van der Waals surface area contributed by atoms with Gasteiger partial charge in [-0.3, -0.25) is 4.90 Å². The number of hydrogen-bond acceptors (Lipinski definition) is 6. The Hall–Kier alpha value is -2.68. The first-order valence-corrected chi connectivity index (χ1v) is 16.5. The average molecular weight is 527 g/mol. The van der Waals surface area contributed by atoms with Crippen LogP contribution in [0.2, 0.25) is 19.6 Å². The van der Waals surface area contributed by atoms with Crippen LogP contribution in [0.3, 0.4) is 0 Å². The van der Waals surface area contributed by atoms with E-state index in [2.05, 4.69) is 36.8 Å². The summed E-state index contributed by atoms with van der Waals surface area (Å²) in [6, 6.07) is 17.7. The summed E-state index contributed by atoms with van der Waals surface area (Å²) in [5.41, 5.74) is 1.46. The van der Waals surface area contributed by atoms with Crippen LogP contribution >= 0.6 is 11.3 Å². The van der Waals surface area contributed by atoms with E-state index >= 15 is 0 Å². The Kier molecular flexibility index (Phi) is 9.33. The number of nitrogens with zero attached hydrogens (tertiary/aromatic N) is 2. The number of thiazole rings is 1. The highest BCUT2D eigenvalue weighted by molar-refractivity contribution is 7.09. The molecule has 0 N–H and O–H groups in total. The van der Waals surface area contributed by atoms with Crippen LogP contribution in [0, 0.1) is 0 Å². The van der Waals surface area contributed by atoms with Gasteiger partial charge in [0, 0.05) is 18.1 Å². The minimum absolute atomic E-state index is 0.331. The monoisotopic (exact) mass is 526 g/mol. The maximum atomic E-state index is 13.8. The van der Waals surface area contributed by atoms with E-state index in [-0.39, 0.29) is 18.2 Å². The third kappa shape index (κ3) is 8.46. The van der Waals surface area contributed by atoms with E-state index in [0.29, 0.717) is 13.0 Å². The molecule has 8 heteroatoms. The second-order valence-electron chi connectivity index (χ2n) is 10.7. The van der Waals surface area contributed by atoms with Crippen LogP contribution in [0.25, 0.3) is 0 Å². The number of aromatic nitrogens is 1. The van der Waals surface area contributed by atoms with Crippen molar-refractivity contribution in [3.63, 3.8) is 0 Å². The first-order valence-electron chi connectivity index (χ1n) is 12.2. The summed E-state index contributed by atoms with van der Waals surface area (Å²) in [4.78, 5) is 20.2. The molecule has 0 bridgehead atoms. The van der Waals surface area contributed by atoms with Crippen LogP contribution < -0.4 is 4.74 Å². The number of hydrogen-bond donors (Lipinski definition) is 0. The quantitative estimate of drug-likeness (QED) is 0.264. The molecule has 0 aliphatic rings. The van der Waals surface area contributed by atoms with Crippen molar-refractivity contribution in [1.29, 1.82) is 0 Å². The van der Waals surface area contributed by atoms with Gasteiger partial charge in [0.15, 0.2) is 8.32 Å². The second-order valence-corrected chi connectivity index (χ2v) is 16.1. The third-order valence-corrected chi connectivity index (χ3v) is 7.15. The Labute approximate surface area is 220 Å². The zero-order chi connectivity index (χ0) is 26.3. The predicted octanol–water partition coefficient (Wildman–Crippen LogP) is 7.09. The molecule has 1 aromatic heterocycles. The second kappa shape index (κ2) is 12.0. The van der Waals surface area contributed by atoms with Gasteiger partial charge in [-0.1, -0.05) is 42.5 Å². The summed E-state index contributed by atoms with van der Waals surface area (Å²) in [6.45, 7) is 12.5. The highest BCUT2D eigenvalue weighted by Crippen LogP contribution is 2.34. The maximum Gasteiger partial charge on any atom is 0.410 e. The minimum Gasteiger partial charge on any atom is -0.497 e. The number of methoxy groups -OCH3 is 1. The topological polar surface area (TPSA) is 60.9 Å². The molecule has 3 aromatic rings.